The Balaban J connectivity index is 2.13. The van der Waals surface area contributed by atoms with Crippen LogP contribution in [-0.2, 0) is 14.2 Å². The van der Waals surface area contributed by atoms with E-state index >= 15 is 0 Å². The van der Waals surface area contributed by atoms with Crippen molar-refractivity contribution in [3.05, 3.63) is 0 Å². The Hall–Kier alpha value is -0.400. The molecule has 0 bridgehead atoms. The SMILES string of the molecule is OC[C@H]1O[C@@H](O[C@@]2(CO)OC[C@@H](O)[C@@H]2O)[C@H](O)[C@@H](O)[C@@H]1O. The Morgan fingerprint density at radius 2 is 1.67 bits per heavy atom. The molecule has 0 aromatic heterocycles. The molecule has 10 heteroatoms. The lowest BCUT2D eigenvalue weighted by molar-refractivity contribution is -0.379. The summed E-state index contributed by atoms with van der Waals surface area (Å²) < 4.78 is 15.3. The quantitative estimate of drug-likeness (QED) is 0.267. The highest BCUT2D eigenvalue weighted by Crippen LogP contribution is 2.32. The van der Waals surface area contributed by atoms with Crippen molar-refractivity contribution in [1.82, 2.24) is 0 Å². The number of aliphatic hydroxyl groups is 7. The van der Waals surface area contributed by atoms with Gasteiger partial charge in [-0.3, -0.25) is 0 Å². The van der Waals surface area contributed by atoms with Gasteiger partial charge in [0.1, 0.15) is 43.2 Å². The van der Waals surface area contributed by atoms with Gasteiger partial charge in [0.05, 0.1) is 13.2 Å². The van der Waals surface area contributed by atoms with E-state index in [1.54, 1.807) is 0 Å². The van der Waals surface area contributed by atoms with Gasteiger partial charge in [0, 0.05) is 0 Å². The number of hydrogen-bond donors (Lipinski definition) is 7. The van der Waals surface area contributed by atoms with Gasteiger partial charge < -0.3 is 50.0 Å². The van der Waals surface area contributed by atoms with E-state index in [0.717, 1.165) is 0 Å². The molecule has 10 nitrogen and oxygen atoms in total. The minimum atomic E-state index is -2.03. The molecule has 8 atom stereocenters. The third kappa shape index (κ3) is 2.92. The van der Waals surface area contributed by atoms with Crippen LogP contribution in [0.25, 0.3) is 0 Å². The monoisotopic (exact) mass is 312 g/mol. The molecule has 2 rings (SSSR count). The van der Waals surface area contributed by atoms with E-state index in [1.165, 1.54) is 0 Å². The standard InChI is InChI=1S/C11H20O10/c12-1-5-6(15)7(16)8(17)10(20-5)21-11(3-13)9(18)4(14)2-19-11/h4-10,12-18H,1-3H2/t4-,5-,6-,7+,8-,9+,10+,11-/m1/s1. The van der Waals surface area contributed by atoms with Crippen molar-refractivity contribution >= 4 is 0 Å². The zero-order valence-electron chi connectivity index (χ0n) is 11.0. The molecule has 0 aromatic rings. The maximum absolute atomic E-state index is 9.82. The topological polar surface area (TPSA) is 169 Å². The number of aliphatic hydroxyl groups excluding tert-OH is 7. The lowest BCUT2D eigenvalue weighted by atomic mass is 9.99. The molecule has 2 heterocycles. The summed E-state index contributed by atoms with van der Waals surface area (Å²) in [4.78, 5) is 0. The molecular weight excluding hydrogens is 292 g/mol. The second-order valence-corrected chi connectivity index (χ2v) is 5.11. The smallest absolute Gasteiger partial charge is 0.223 e. The van der Waals surface area contributed by atoms with Crippen molar-refractivity contribution in [2.75, 3.05) is 19.8 Å². The van der Waals surface area contributed by atoms with Gasteiger partial charge in [-0.05, 0) is 0 Å². The van der Waals surface area contributed by atoms with Gasteiger partial charge in [0.15, 0.2) is 6.29 Å². The number of hydrogen-bond acceptors (Lipinski definition) is 10. The summed E-state index contributed by atoms with van der Waals surface area (Å²) in [5.41, 5.74) is 0. The Kier molecular flexibility index (Phi) is 5.15. The zero-order chi connectivity index (χ0) is 15.8. The molecule has 0 radical (unpaired) electrons. The fourth-order valence-corrected chi connectivity index (χ4v) is 2.34. The minimum absolute atomic E-state index is 0.306. The highest BCUT2D eigenvalue weighted by Gasteiger charge is 2.54. The van der Waals surface area contributed by atoms with Crippen molar-refractivity contribution in [2.24, 2.45) is 0 Å². The van der Waals surface area contributed by atoms with E-state index in [9.17, 15) is 30.6 Å². The molecule has 0 saturated carbocycles. The van der Waals surface area contributed by atoms with E-state index in [0.29, 0.717) is 0 Å². The zero-order valence-corrected chi connectivity index (χ0v) is 11.0. The van der Waals surface area contributed by atoms with E-state index in [-0.39, 0.29) is 6.61 Å². The molecule has 2 fully saturated rings. The highest BCUT2D eigenvalue weighted by molar-refractivity contribution is 4.94. The van der Waals surface area contributed by atoms with Crippen molar-refractivity contribution < 1.29 is 50.0 Å². The maximum Gasteiger partial charge on any atom is 0.223 e. The third-order valence-electron chi connectivity index (χ3n) is 3.70. The first-order valence-corrected chi connectivity index (χ1v) is 6.45. The molecule has 0 spiro atoms. The average Bonchev–Trinajstić information content (AvgIpc) is 2.77. The molecule has 0 unspecified atom stereocenters. The molecule has 0 amide bonds. The fourth-order valence-electron chi connectivity index (χ4n) is 2.34. The Morgan fingerprint density at radius 1 is 1.00 bits per heavy atom. The molecule has 0 aliphatic carbocycles. The van der Waals surface area contributed by atoms with Gasteiger partial charge in [-0.2, -0.15) is 0 Å². The molecule has 0 aromatic carbocycles. The summed E-state index contributed by atoms with van der Waals surface area (Å²) in [6.45, 7) is -1.80. The van der Waals surface area contributed by atoms with Crippen molar-refractivity contribution in [3.8, 4) is 0 Å². The van der Waals surface area contributed by atoms with Gasteiger partial charge in [-0.15, -0.1) is 0 Å². The Morgan fingerprint density at radius 3 is 2.14 bits per heavy atom. The van der Waals surface area contributed by atoms with Crippen molar-refractivity contribution in [3.63, 3.8) is 0 Å². The summed E-state index contributed by atoms with van der Waals surface area (Å²) in [5.74, 6) is -2.03. The van der Waals surface area contributed by atoms with Gasteiger partial charge in [0.25, 0.3) is 0 Å². The first-order valence-electron chi connectivity index (χ1n) is 6.45. The summed E-state index contributed by atoms with van der Waals surface area (Å²) in [7, 11) is 0. The van der Waals surface area contributed by atoms with Gasteiger partial charge in [-0.25, -0.2) is 0 Å². The fraction of sp³-hybridized carbons (Fsp3) is 1.00. The van der Waals surface area contributed by atoms with Gasteiger partial charge in [0.2, 0.25) is 5.79 Å². The molecule has 2 aliphatic heterocycles. The normalized spacial score (nSPS) is 51.3. The number of ether oxygens (including phenoxy) is 3. The first-order chi connectivity index (χ1) is 9.86. The van der Waals surface area contributed by atoms with Gasteiger partial charge in [-0.1, -0.05) is 0 Å². The van der Waals surface area contributed by atoms with Crippen molar-refractivity contribution in [1.29, 1.82) is 0 Å². The summed E-state index contributed by atoms with van der Waals surface area (Å²) in [6.07, 6.45) is -10.6. The van der Waals surface area contributed by atoms with Crippen LogP contribution in [0.4, 0.5) is 0 Å². The van der Waals surface area contributed by atoms with Crippen LogP contribution in [0.2, 0.25) is 0 Å². The Labute approximate surface area is 119 Å². The van der Waals surface area contributed by atoms with Crippen LogP contribution < -0.4 is 0 Å². The predicted octanol–water partition coefficient (Wildman–Crippen LogP) is -4.76. The van der Waals surface area contributed by atoms with Crippen LogP contribution in [-0.4, -0.2) is 104 Å². The Bertz CT molecular complexity index is 352. The average molecular weight is 312 g/mol. The number of rotatable bonds is 4. The van der Waals surface area contributed by atoms with E-state index < -0.39 is 61.9 Å². The van der Waals surface area contributed by atoms with Crippen LogP contribution in [0, 0.1) is 0 Å². The molecule has 7 N–H and O–H groups in total. The van der Waals surface area contributed by atoms with Crippen LogP contribution in [0.3, 0.4) is 0 Å². The lowest BCUT2D eigenvalue weighted by Crippen LogP contribution is -2.62. The van der Waals surface area contributed by atoms with Gasteiger partial charge >= 0.3 is 0 Å². The largest absolute Gasteiger partial charge is 0.394 e. The summed E-state index contributed by atoms with van der Waals surface area (Å²) >= 11 is 0. The van der Waals surface area contributed by atoms with Crippen LogP contribution in [0.15, 0.2) is 0 Å². The highest BCUT2D eigenvalue weighted by atomic mass is 16.8. The van der Waals surface area contributed by atoms with E-state index in [2.05, 4.69) is 0 Å². The second kappa shape index (κ2) is 6.38. The molecule has 2 aliphatic rings. The second-order valence-electron chi connectivity index (χ2n) is 5.11. The first kappa shape index (κ1) is 17.0. The third-order valence-corrected chi connectivity index (χ3v) is 3.70. The lowest BCUT2D eigenvalue weighted by Gasteiger charge is -2.43. The molecular formula is C11H20O10. The summed E-state index contributed by atoms with van der Waals surface area (Å²) in [5, 5.41) is 66.7. The molecule has 124 valence electrons. The van der Waals surface area contributed by atoms with Crippen LogP contribution >= 0.6 is 0 Å². The summed E-state index contributed by atoms with van der Waals surface area (Å²) in [6, 6.07) is 0. The van der Waals surface area contributed by atoms with Crippen LogP contribution in [0.5, 0.6) is 0 Å². The maximum atomic E-state index is 9.82. The van der Waals surface area contributed by atoms with E-state index in [1.807, 2.05) is 0 Å². The predicted molar refractivity (Wildman–Crippen MR) is 62.6 cm³/mol. The van der Waals surface area contributed by atoms with Crippen LogP contribution in [0.1, 0.15) is 0 Å². The van der Waals surface area contributed by atoms with E-state index in [4.69, 9.17) is 19.3 Å². The minimum Gasteiger partial charge on any atom is -0.394 e. The van der Waals surface area contributed by atoms with Crippen molar-refractivity contribution in [2.45, 2.75) is 48.7 Å². The molecule has 2 saturated heterocycles. The molecule has 21 heavy (non-hydrogen) atoms.